The smallest absolute Gasteiger partial charge is 0.201 e. The molecule has 2 N–H and O–H groups in total. The first kappa shape index (κ1) is 21.8. The first-order valence-corrected chi connectivity index (χ1v) is 11.1. The molecule has 4 aromatic rings. The molecule has 5 nitrogen and oxygen atoms in total. The number of nitrogens with zero attached hydrogens (tertiary/aromatic N) is 1. The second-order valence-electron chi connectivity index (χ2n) is 7.10. The highest BCUT2D eigenvalue weighted by Crippen LogP contribution is 2.29. The fraction of sp³-hybridized carbons (Fsp3) is 0.130. The Bertz CT molecular complexity index is 1350. The Labute approximate surface area is 184 Å². The number of hydrogen-bond donors (Lipinski definition) is 2. The second-order valence-corrected chi connectivity index (χ2v) is 8.40. The summed E-state index contributed by atoms with van der Waals surface area (Å²) in [4.78, 5) is 20.2. The van der Waals surface area contributed by atoms with Gasteiger partial charge in [0.1, 0.15) is 28.3 Å². The van der Waals surface area contributed by atoms with Crippen molar-refractivity contribution in [1.82, 2.24) is 9.97 Å². The van der Waals surface area contributed by atoms with Crippen LogP contribution in [-0.4, -0.2) is 25.7 Å². The van der Waals surface area contributed by atoms with E-state index < -0.39 is 39.8 Å². The molecule has 0 radical (unpaired) electrons. The van der Waals surface area contributed by atoms with Crippen LogP contribution in [0.2, 0.25) is 0 Å². The molecule has 0 aliphatic carbocycles. The van der Waals surface area contributed by atoms with Crippen molar-refractivity contribution in [2.45, 2.75) is 13.3 Å². The summed E-state index contributed by atoms with van der Waals surface area (Å²) in [5.74, 6) is -3.21. The molecule has 0 amide bonds. The number of aromatic amines is 1. The van der Waals surface area contributed by atoms with Crippen LogP contribution in [0, 0.1) is 17.5 Å². The molecule has 2 aromatic carbocycles. The van der Waals surface area contributed by atoms with Gasteiger partial charge >= 0.3 is 0 Å². The number of pyridine rings is 1. The van der Waals surface area contributed by atoms with Crippen LogP contribution >= 0.6 is 0 Å². The molecule has 32 heavy (non-hydrogen) atoms. The Morgan fingerprint density at radius 3 is 2.69 bits per heavy atom. The van der Waals surface area contributed by atoms with Crippen LogP contribution in [0.3, 0.4) is 0 Å². The Morgan fingerprint density at radius 2 is 1.94 bits per heavy atom. The number of carbonyl (C=O) groups excluding carboxylic acids is 1. The van der Waals surface area contributed by atoms with E-state index >= 15 is 4.39 Å². The molecule has 0 fully saturated rings. The van der Waals surface area contributed by atoms with Crippen molar-refractivity contribution in [3.8, 4) is 11.1 Å². The van der Waals surface area contributed by atoms with Gasteiger partial charge in [-0.3, -0.25) is 4.79 Å². The molecule has 2 aromatic heterocycles. The van der Waals surface area contributed by atoms with E-state index in [4.69, 9.17) is 0 Å². The first-order valence-electron chi connectivity index (χ1n) is 9.79. The van der Waals surface area contributed by atoms with Gasteiger partial charge in [-0.25, -0.2) is 22.4 Å². The largest absolute Gasteiger partial charge is 0.345 e. The summed E-state index contributed by atoms with van der Waals surface area (Å²) in [5, 5.41) is 0.337. The SMILES string of the molecule is CCCS(=O)Nc1ccc(F)c(C(=O)c2c[nH]c3ncc(-c4cccc(F)c4)cc23)c1F. The van der Waals surface area contributed by atoms with Crippen molar-refractivity contribution in [3.63, 3.8) is 0 Å². The van der Waals surface area contributed by atoms with Gasteiger partial charge in [0.2, 0.25) is 5.78 Å². The van der Waals surface area contributed by atoms with Crippen LogP contribution in [0.4, 0.5) is 18.9 Å². The molecule has 0 saturated carbocycles. The van der Waals surface area contributed by atoms with Crippen molar-refractivity contribution >= 4 is 33.5 Å². The van der Waals surface area contributed by atoms with Gasteiger partial charge in [-0.05, 0) is 42.3 Å². The van der Waals surface area contributed by atoms with E-state index in [9.17, 15) is 17.8 Å². The zero-order valence-corrected chi connectivity index (χ0v) is 17.7. The Morgan fingerprint density at radius 1 is 1.12 bits per heavy atom. The highest BCUT2D eigenvalue weighted by Gasteiger charge is 2.25. The van der Waals surface area contributed by atoms with Crippen molar-refractivity contribution in [2.24, 2.45) is 0 Å². The normalized spacial score (nSPS) is 12.1. The molecule has 0 saturated heterocycles. The number of fused-ring (bicyclic) bond motifs is 1. The summed E-state index contributed by atoms with van der Waals surface area (Å²) < 4.78 is 57.6. The number of anilines is 1. The van der Waals surface area contributed by atoms with E-state index in [0.29, 0.717) is 28.6 Å². The average Bonchev–Trinajstić information content (AvgIpc) is 3.19. The second kappa shape index (κ2) is 8.96. The number of nitrogens with one attached hydrogen (secondary N) is 2. The maximum absolute atomic E-state index is 15.0. The van der Waals surface area contributed by atoms with Gasteiger partial charge < -0.3 is 9.71 Å². The van der Waals surface area contributed by atoms with Gasteiger partial charge in [0.25, 0.3) is 0 Å². The Balaban J connectivity index is 1.77. The van der Waals surface area contributed by atoms with E-state index in [2.05, 4.69) is 14.7 Å². The molecule has 0 spiro atoms. The first-order chi connectivity index (χ1) is 15.4. The zero-order chi connectivity index (χ0) is 22.8. The third kappa shape index (κ3) is 4.16. The van der Waals surface area contributed by atoms with Crippen LogP contribution in [0.5, 0.6) is 0 Å². The zero-order valence-electron chi connectivity index (χ0n) is 16.9. The van der Waals surface area contributed by atoms with Crippen molar-refractivity contribution in [1.29, 1.82) is 0 Å². The fourth-order valence-corrected chi connectivity index (χ4v) is 4.23. The third-order valence-electron chi connectivity index (χ3n) is 4.87. The van der Waals surface area contributed by atoms with Gasteiger partial charge in [-0.1, -0.05) is 19.1 Å². The minimum Gasteiger partial charge on any atom is -0.345 e. The maximum atomic E-state index is 15.0. The van der Waals surface area contributed by atoms with E-state index in [1.807, 2.05) is 6.92 Å². The summed E-state index contributed by atoms with van der Waals surface area (Å²) in [6.45, 7) is 1.82. The quantitative estimate of drug-likeness (QED) is 0.367. The van der Waals surface area contributed by atoms with E-state index in [-0.39, 0.29) is 17.0 Å². The van der Waals surface area contributed by atoms with E-state index in [0.717, 1.165) is 12.1 Å². The highest BCUT2D eigenvalue weighted by atomic mass is 32.2. The minimum atomic E-state index is -1.57. The maximum Gasteiger partial charge on any atom is 0.201 e. The lowest BCUT2D eigenvalue weighted by atomic mass is 10.00. The molecule has 9 heteroatoms. The Hall–Kier alpha value is -3.46. The number of halogens is 3. The number of H-pyrrole nitrogens is 1. The van der Waals surface area contributed by atoms with Crippen LogP contribution in [-0.2, 0) is 11.0 Å². The van der Waals surface area contributed by atoms with Gasteiger partial charge in [-0.2, -0.15) is 0 Å². The van der Waals surface area contributed by atoms with Crippen LogP contribution in [0.15, 0.2) is 54.9 Å². The number of rotatable bonds is 7. The summed E-state index contributed by atoms with van der Waals surface area (Å²) in [6, 6.07) is 9.52. The molecule has 0 bridgehead atoms. The minimum absolute atomic E-state index is 0.00961. The molecular weight excluding hydrogens is 439 g/mol. The Kier molecular flexibility index (Phi) is 6.09. The predicted molar refractivity (Wildman–Crippen MR) is 118 cm³/mol. The lowest BCUT2D eigenvalue weighted by Crippen LogP contribution is -2.13. The van der Waals surface area contributed by atoms with Gasteiger partial charge in [0, 0.05) is 34.7 Å². The standard InChI is InChI=1S/C23H18F3N3O2S/c1-2-8-32(31)29-19-7-6-18(25)20(21(19)26)22(30)17-12-28-23-16(17)10-14(11-27-23)13-4-3-5-15(24)9-13/h3-7,9-12,29H,2,8H2,1H3,(H,27,28). The molecule has 0 aliphatic heterocycles. The molecule has 2 heterocycles. The van der Waals surface area contributed by atoms with Gasteiger partial charge in [0.05, 0.1) is 11.3 Å². The monoisotopic (exact) mass is 457 g/mol. The number of carbonyl (C=O) groups is 1. The highest BCUT2D eigenvalue weighted by molar-refractivity contribution is 7.86. The average molecular weight is 457 g/mol. The fourth-order valence-electron chi connectivity index (χ4n) is 3.35. The van der Waals surface area contributed by atoms with Crippen molar-refractivity contribution in [3.05, 3.63) is 83.4 Å². The van der Waals surface area contributed by atoms with Crippen LogP contribution in [0.25, 0.3) is 22.2 Å². The topological polar surface area (TPSA) is 74.8 Å². The van der Waals surface area contributed by atoms with Gasteiger partial charge in [0.15, 0.2) is 5.82 Å². The van der Waals surface area contributed by atoms with E-state index in [1.165, 1.54) is 24.5 Å². The summed E-state index contributed by atoms with van der Waals surface area (Å²) in [7, 11) is -1.57. The third-order valence-corrected chi connectivity index (χ3v) is 6.09. The van der Waals surface area contributed by atoms with Crippen LogP contribution in [0.1, 0.15) is 29.3 Å². The molecule has 0 aliphatic rings. The number of hydrogen-bond acceptors (Lipinski definition) is 3. The lowest BCUT2D eigenvalue weighted by Gasteiger charge is -2.10. The summed E-state index contributed by atoms with van der Waals surface area (Å²) in [6.07, 6.45) is 3.43. The summed E-state index contributed by atoms with van der Waals surface area (Å²) >= 11 is 0. The lowest BCUT2D eigenvalue weighted by molar-refractivity contribution is 0.103. The molecular formula is C23H18F3N3O2S. The van der Waals surface area contributed by atoms with Crippen LogP contribution < -0.4 is 4.72 Å². The number of aromatic nitrogens is 2. The van der Waals surface area contributed by atoms with Gasteiger partial charge in [-0.15, -0.1) is 0 Å². The number of ketones is 1. The number of benzene rings is 2. The molecule has 1 unspecified atom stereocenters. The predicted octanol–water partition coefficient (Wildman–Crippen LogP) is 5.36. The molecule has 1 atom stereocenters. The van der Waals surface area contributed by atoms with Crippen molar-refractivity contribution in [2.75, 3.05) is 10.5 Å². The van der Waals surface area contributed by atoms with E-state index in [1.54, 1.807) is 18.2 Å². The molecule has 164 valence electrons. The summed E-state index contributed by atoms with van der Waals surface area (Å²) in [5.41, 5.74) is 0.446. The van der Waals surface area contributed by atoms with Crippen molar-refractivity contribution < 1.29 is 22.2 Å². The molecule has 4 rings (SSSR count).